The van der Waals surface area contributed by atoms with Gasteiger partial charge in [-0.3, -0.25) is 4.79 Å². The van der Waals surface area contributed by atoms with Gasteiger partial charge in [-0.2, -0.15) is 0 Å². The van der Waals surface area contributed by atoms with Crippen LogP contribution in [0.1, 0.15) is 6.92 Å². The highest BCUT2D eigenvalue weighted by atomic mass is 16.4. The Morgan fingerprint density at radius 2 is 2.42 bits per heavy atom. The molecule has 1 aromatic rings. The lowest BCUT2D eigenvalue weighted by atomic mass is 10.3. The molecule has 0 saturated carbocycles. The second-order valence-corrected chi connectivity index (χ2v) is 2.48. The highest BCUT2D eigenvalue weighted by Crippen LogP contribution is 2.05. The van der Waals surface area contributed by atoms with Gasteiger partial charge in [0.25, 0.3) is 0 Å². The van der Waals surface area contributed by atoms with Crippen LogP contribution in [0, 0.1) is 6.07 Å². The zero-order valence-electron chi connectivity index (χ0n) is 6.74. The van der Waals surface area contributed by atoms with Crippen LogP contribution in [0.2, 0.25) is 0 Å². The number of benzene rings is 1. The number of hydrogen-bond acceptors (Lipinski definition) is 2. The molecule has 2 N–H and O–H groups in total. The van der Waals surface area contributed by atoms with Crippen molar-refractivity contribution in [2.45, 2.75) is 13.0 Å². The van der Waals surface area contributed by atoms with Crippen molar-refractivity contribution in [2.24, 2.45) is 0 Å². The van der Waals surface area contributed by atoms with E-state index in [2.05, 4.69) is 11.4 Å². The molecule has 0 spiro atoms. The molecule has 12 heavy (non-hydrogen) atoms. The van der Waals surface area contributed by atoms with Crippen LogP contribution in [0.3, 0.4) is 0 Å². The Morgan fingerprint density at radius 3 is 2.92 bits per heavy atom. The van der Waals surface area contributed by atoms with Crippen LogP contribution in [-0.4, -0.2) is 17.1 Å². The zero-order chi connectivity index (χ0) is 8.97. The minimum absolute atomic E-state index is 0.580. The van der Waals surface area contributed by atoms with E-state index in [0.717, 1.165) is 0 Å². The molecule has 0 aliphatic heterocycles. The predicted molar refractivity (Wildman–Crippen MR) is 46.0 cm³/mol. The lowest BCUT2D eigenvalue weighted by Gasteiger charge is -2.09. The number of carbonyl (C=O) groups is 1. The number of anilines is 1. The second-order valence-electron chi connectivity index (χ2n) is 2.48. The maximum Gasteiger partial charge on any atom is 0.325 e. The molecule has 0 fully saturated rings. The van der Waals surface area contributed by atoms with E-state index < -0.39 is 12.0 Å². The number of aliphatic carboxylic acids is 1. The summed E-state index contributed by atoms with van der Waals surface area (Å²) in [5.74, 6) is -0.868. The van der Waals surface area contributed by atoms with Gasteiger partial charge in [0.2, 0.25) is 0 Å². The van der Waals surface area contributed by atoms with E-state index in [0.29, 0.717) is 5.69 Å². The van der Waals surface area contributed by atoms with Crippen molar-refractivity contribution in [3.05, 3.63) is 30.3 Å². The summed E-state index contributed by atoms with van der Waals surface area (Å²) in [6.07, 6.45) is 0. The molecule has 63 valence electrons. The Morgan fingerprint density at radius 1 is 1.67 bits per heavy atom. The Balaban J connectivity index is 2.58. The summed E-state index contributed by atoms with van der Waals surface area (Å²) >= 11 is 0. The highest BCUT2D eigenvalue weighted by molar-refractivity contribution is 5.76. The van der Waals surface area contributed by atoms with Gasteiger partial charge >= 0.3 is 5.97 Å². The summed E-state index contributed by atoms with van der Waals surface area (Å²) in [7, 11) is 0. The van der Waals surface area contributed by atoms with E-state index in [1.54, 1.807) is 19.1 Å². The molecule has 1 radical (unpaired) electrons. The SMILES string of the molecule is CC(Nc1[c]cccc1)C(=O)O. The largest absolute Gasteiger partial charge is 0.480 e. The van der Waals surface area contributed by atoms with Crippen LogP contribution in [0.25, 0.3) is 0 Å². The molecule has 1 rings (SSSR count). The molecule has 0 bridgehead atoms. The van der Waals surface area contributed by atoms with E-state index in [1.807, 2.05) is 12.1 Å². The molecule has 0 aliphatic rings. The first-order valence-corrected chi connectivity index (χ1v) is 3.66. The minimum Gasteiger partial charge on any atom is -0.480 e. The maximum atomic E-state index is 10.4. The minimum atomic E-state index is -0.868. The standard InChI is InChI=1S/C9H10NO2/c1-7(9(11)12)10-8-5-3-2-4-6-8/h2-5,7,10H,1H3,(H,11,12). The van der Waals surface area contributed by atoms with Gasteiger partial charge in [0.1, 0.15) is 6.04 Å². The quantitative estimate of drug-likeness (QED) is 0.709. The van der Waals surface area contributed by atoms with Crippen molar-refractivity contribution in [1.29, 1.82) is 0 Å². The average molecular weight is 164 g/mol. The summed E-state index contributed by atoms with van der Waals surface area (Å²) in [4.78, 5) is 10.4. The third-order valence-corrected chi connectivity index (χ3v) is 1.45. The zero-order valence-corrected chi connectivity index (χ0v) is 6.74. The first-order valence-electron chi connectivity index (χ1n) is 3.66. The summed E-state index contributed by atoms with van der Waals surface area (Å²) in [6, 6.07) is 9.47. The van der Waals surface area contributed by atoms with Crippen LogP contribution in [0.15, 0.2) is 24.3 Å². The van der Waals surface area contributed by atoms with Gasteiger partial charge in [0.05, 0.1) is 0 Å². The number of nitrogens with one attached hydrogen (secondary N) is 1. The van der Waals surface area contributed by atoms with Gasteiger partial charge < -0.3 is 10.4 Å². The van der Waals surface area contributed by atoms with Crippen LogP contribution in [0.4, 0.5) is 5.69 Å². The van der Waals surface area contributed by atoms with Gasteiger partial charge in [0, 0.05) is 11.8 Å². The molecule has 0 amide bonds. The van der Waals surface area contributed by atoms with E-state index in [4.69, 9.17) is 5.11 Å². The average Bonchev–Trinajstić information content (AvgIpc) is 2.06. The van der Waals surface area contributed by atoms with Crippen LogP contribution >= 0.6 is 0 Å². The number of carboxylic acid groups (broad SMARTS) is 1. The molecule has 0 saturated heterocycles. The van der Waals surface area contributed by atoms with E-state index in [9.17, 15) is 4.79 Å². The van der Waals surface area contributed by atoms with Crippen molar-refractivity contribution in [2.75, 3.05) is 5.32 Å². The van der Waals surface area contributed by atoms with Crippen LogP contribution in [-0.2, 0) is 4.79 Å². The lowest BCUT2D eigenvalue weighted by Crippen LogP contribution is -2.25. The first kappa shape index (κ1) is 8.59. The van der Waals surface area contributed by atoms with E-state index in [1.165, 1.54) is 0 Å². The Kier molecular flexibility index (Phi) is 2.69. The monoisotopic (exact) mass is 164 g/mol. The smallest absolute Gasteiger partial charge is 0.325 e. The second kappa shape index (κ2) is 3.76. The van der Waals surface area contributed by atoms with Crippen molar-refractivity contribution in [3.63, 3.8) is 0 Å². The number of hydrogen-bond donors (Lipinski definition) is 2. The molecule has 1 aromatic carbocycles. The third kappa shape index (κ3) is 2.27. The van der Waals surface area contributed by atoms with Crippen molar-refractivity contribution in [1.82, 2.24) is 0 Å². The molecular formula is C9H10NO2. The van der Waals surface area contributed by atoms with Crippen LogP contribution < -0.4 is 5.32 Å². The van der Waals surface area contributed by atoms with Gasteiger partial charge in [-0.15, -0.1) is 0 Å². The van der Waals surface area contributed by atoms with Gasteiger partial charge in [0.15, 0.2) is 0 Å². The van der Waals surface area contributed by atoms with Crippen molar-refractivity contribution in [3.8, 4) is 0 Å². The predicted octanol–water partition coefficient (Wildman–Crippen LogP) is 1.37. The summed E-state index contributed by atoms with van der Waals surface area (Å²) in [5.41, 5.74) is 0.701. The fraction of sp³-hybridized carbons (Fsp3) is 0.222. The Bertz CT molecular complexity index is 258. The van der Waals surface area contributed by atoms with Crippen LogP contribution in [0.5, 0.6) is 0 Å². The summed E-state index contributed by atoms with van der Waals surface area (Å²) in [5, 5.41) is 11.4. The van der Waals surface area contributed by atoms with Crippen molar-refractivity contribution < 1.29 is 9.90 Å². The molecule has 0 aromatic heterocycles. The normalized spacial score (nSPS) is 12.1. The highest BCUT2D eigenvalue weighted by Gasteiger charge is 2.08. The van der Waals surface area contributed by atoms with E-state index in [-0.39, 0.29) is 0 Å². The van der Waals surface area contributed by atoms with Gasteiger partial charge in [-0.05, 0) is 13.0 Å². The number of carboxylic acids is 1. The third-order valence-electron chi connectivity index (χ3n) is 1.45. The van der Waals surface area contributed by atoms with Gasteiger partial charge in [-0.1, -0.05) is 18.2 Å². The maximum absolute atomic E-state index is 10.4. The number of rotatable bonds is 3. The summed E-state index contributed by atoms with van der Waals surface area (Å²) in [6.45, 7) is 1.59. The van der Waals surface area contributed by atoms with Gasteiger partial charge in [-0.25, -0.2) is 0 Å². The molecule has 0 aliphatic carbocycles. The fourth-order valence-corrected chi connectivity index (χ4v) is 0.778. The lowest BCUT2D eigenvalue weighted by molar-refractivity contribution is -0.137. The first-order chi connectivity index (χ1) is 5.70. The van der Waals surface area contributed by atoms with E-state index >= 15 is 0 Å². The molecular weight excluding hydrogens is 154 g/mol. The number of para-hydroxylation sites is 1. The molecule has 1 atom stereocenters. The summed E-state index contributed by atoms with van der Waals surface area (Å²) < 4.78 is 0. The fourth-order valence-electron chi connectivity index (χ4n) is 0.778. The Labute approximate surface area is 71.0 Å². The topological polar surface area (TPSA) is 49.3 Å². The molecule has 1 unspecified atom stereocenters. The molecule has 0 heterocycles. The molecule has 3 nitrogen and oxygen atoms in total. The molecule has 3 heteroatoms. The Hall–Kier alpha value is -1.51. The van der Waals surface area contributed by atoms with Crippen molar-refractivity contribution >= 4 is 11.7 Å².